The van der Waals surface area contributed by atoms with Crippen molar-refractivity contribution < 1.29 is 26.7 Å². The normalized spacial score (nSPS) is 15.3. The lowest BCUT2D eigenvalue weighted by Gasteiger charge is -2.26. The van der Waals surface area contributed by atoms with Crippen LogP contribution in [0.3, 0.4) is 0 Å². The quantitative estimate of drug-likeness (QED) is 0.302. The van der Waals surface area contributed by atoms with E-state index >= 15 is 0 Å². The molecule has 0 radical (unpaired) electrons. The molecule has 11 heteroatoms. The molecule has 1 aliphatic heterocycles. The number of imidazole rings is 1. The van der Waals surface area contributed by atoms with E-state index in [2.05, 4.69) is 4.98 Å². The average molecular weight is 512 g/mol. The highest BCUT2D eigenvalue weighted by Gasteiger charge is 2.27. The molecule has 0 saturated carbocycles. The van der Waals surface area contributed by atoms with Crippen LogP contribution in [0.4, 0.5) is 8.78 Å². The number of nitrogens with zero attached hydrogens (tertiary/aromatic N) is 3. The van der Waals surface area contributed by atoms with Crippen LogP contribution in [0.1, 0.15) is 18.9 Å². The van der Waals surface area contributed by atoms with E-state index in [0.717, 1.165) is 24.1 Å². The molecule has 0 amide bonds. The van der Waals surface area contributed by atoms with Crippen LogP contribution in [0.2, 0.25) is 0 Å². The van der Waals surface area contributed by atoms with E-state index in [9.17, 15) is 17.2 Å². The van der Waals surface area contributed by atoms with Gasteiger partial charge in [-0.15, -0.1) is 0 Å². The Morgan fingerprint density at radius 1 is 1.15 bits per heavy atom. The summed E-state index contributed by atoms with van der Waals surface area (Å²) in [5, 5.41) is 0.607. The zero-order valence-electron chi connectivity index (χ0n) is 18.9. The number of fused-ring (bicyclic) bond motifs is 1. The molecular formula is C23H27F2N3O4S2. The van der Waals surface area contributed by atoms with Gasteiger partial charge < -0.3 is 14.0 Å². The summed E-state index contributed by atoms with van der Waals surface area (Å²) in [5.41, 5.74) is 1.56. The van der Waals surface area contributed by atoms with Crippen LogP contribution < -0.4 is 0 Å². The largest absolute Gasteiger partial charge is 0.382 e. The van der Waals surface area contributed by atoms with Crippen LogP contribution in [0.15, 0.2) is 46.5 Å². The minimum absolute atomic E-state index is 0.175. The van der Waals surface area contributed by atoms with E-state index in [4.69, 9.17) is 9.47 Å². The molecule has 1 saturated heterocycles. The maximum absolute atomic E-state index is 14.1. The highest BCUT2D eigenvalue weighted by Crippen LogP contribution is 2.30. The van der Waals surface area contributed by atoms with Crippen LogP contribution in [0.5, 0.6) is 0 Å². The van der Waals surface area contributed by atoms with Crippen molar-refractivity contribution in [2.45, 2.75) is 35.7 Å². The highest BCUT2D eigenvalue weighted by molar-refractivity contribution is 7.98. The summed E-state index contributed by atoms with van der Waals surface area (Å²) in [6.07, 6.45) is 0.731. The number of morpholine rings is 1. The molecule has 1 aromatic heterocycles. The maximum Gasteiger partial charge on any atom is 0.243 e. The summed E-state index contributed by atoms with van der Waals surface area (Å²) < 4.78 is 68.0. The van der Waals surface area contributed by atoms with E-state index < -0.39 is 21.7 Å². The summed E-state index contributed by atoms with van der Waals surface area (Å²) in [5.74, 6) is -0.788. The zero-order valence-corrected chi connectivity index (χ0v) is 20.5. The Morgan fingerprint density at radius 3 is 2.71 bits per heavy atom. The number of thioether (sulfide) groups is 1. The summed E-state index contributed by atoms with van der Waals surface area (Å²) in [7, 11) is -3.66. The van der Waals surface area contributed by atoms with E-state index in [1.165, 1.54) is 22.1 Å². The number of halogens is 2. The number of aromatic nitrogens is 2. The van der Waals surface area contributed by atoms with Gasteiger partial charge in [0.2, 0.25) is 10.0 Å². The zero-order chi connectivity index (χ0) is 24.1. The molecule has 184 valence electrons. The van der Waals surface area contributed by atoms with Gasteiger partial charge in [-0.1, -0.05) is 11.8 Å². The molecule has 34 heavy (non-hydrogen) atoms. The number of hydrogen-bond donors (Lipinski definition) is 0. The van der Waals surface area contributed by atoms with Crippen molar-refractivity contribution in [1.82, 2.24) is 13.9 Å². The molecule has 0 bridgehead atoms. The van der Waals surface area contributed by atoms with Gasteiger partial charge in [-0.25, -0.2) is 22.2 Å². The third-order valence-corrected chi connectivity index (χ3v) is 8.45. The number of rotatable bonds is 10. The lowest BCUT2D eigenvalue weighted by Crippen LogP contribution is -2.40. The molecule has 4 rings (SSSR count). The molecule has 3 aromatic rings. The van der Waals surface area contributed by atoms with Crippen molar-refractivity contribution in [3.05, 3.63) is 53.6 Å². The third kappa shape index (κ3) is 5.60. The first kappa shape index (κ1) is 25.1. The van der Waals surface area contributed by atoms with Crippen molar-refractivity contribution in [2.24, 2.45) is 0 Å². The summed E-state index contributed by atoms with van der Waals surface area (Å²) in [6.45, 7) is 5.08. The van der Waals surface area contributed by atoms with Gasteiger partial charge in [0.05, 0.1) is 29.1 Å². The van der Waals surface area contributed by atoms with Crippen LogP contribution in [0.25, 0.3) is 11.0 Å². The predicted octanol–water partition coefficient (Wildman–Crippen LogP) is 4.05. The lowest BCUT2D eigenvalue weighted by atomic mass is 10.2. The second-order valence-corrected chi connectivity index (χ2v) is 10.7. The smallest absolute Gasteiger partial charge is 0.243 e. The molecule has 0 unspecified atom stereocenters. The van der Waals surface area contributed by atoms with Crippen LogP contribution in [0, 0.1) is 11.6 Å². The van der Waals surface area contributed by atoms with Gasteiger partial charge in [0.15, 0.2) is 5.16 Å². The Hall–Kier alpha value is -2.05. The number of aryl methyl sites for hydroxylation is 1. The van der Waals surface area contributed by atoms with Gasteiger partial charge >= 0.3 is 0 Å². The summed E-state index contributed by atoms with van der Waals surface area (Å²) >= 11 is 1.28. The standard InChI is InChI=1S/C23H27F2N3O4S2/c1-2-31-11-3-8-28-22-7-5-19(34(29,30)27-9-12-32-13-10-27)15-21(22)26-23(28)33-16-17-14-18(24)4-6-20(17)25/h4-7,14-15H,2-3,8-13,16H2,1H3. The molecular weight excluding hydrogens is 484 g/mol. The fraction of sp³-hybridized carbons (Fsp3) is 0.435. The first-order valence-electron chi connectivity index (χ1n) is 11.1. The summed E-state index contributed by atoms with van der Waals surface area (Å²) in [4.78, 5) is 4.83. The molecule has 0 atom stereocenters. The second kappa shape index (κ2) is 11.1. The number of sulfonamides is 1. The Kier molecular flexibility index (Phi) is 8.20. The predicted molar refractivity (Wildman–Crippen MR) is 126 cm³/mol. The molecule has 0 N–H and O–H groups in total. The van der Waals surface area contributed by atoms with E-state index in [-0.39, 0.29) is 16.2 Å². The fourth-order valence-corrected chi connectivity index (χ4v) is 6.22. The van der Waals surface area contributed by atoms with Gasteiger partial charge in [-0.05, 0) is 49.7 Å². The summed E-state index contributed by atoms with van der Waals surface area (Å²) in [6, 6.07) is 8.29. The number of benzene rings is 2. The van der Waals surface area contributed by atoms with E-state index in [1.54, 1.807) is 18.2 Å². The van der Waals surface area contributed by atoms with Crippen molar-refractivity contribution in [2.75, 3.05) is 39.5 Å². The lowest BCUT2D eigenvalue weighted by molar-refractivity contribution is 0.0730. The van der Waals surface area contributed by atoms with Crippen LogP contribution in [-0.2, 0) is 31.8 Å². The highest BCUT2D eigenvalue weighted by atomic mass is 32.2. The molecule has 7 nitrogen and oxygen atoms in total. The molecule has 0 spiro atoms. The van der Waals surface area contributed by atoms with Crippen molar-refractivity contribution in [1.29, 1.82) is 0 Å². The van der Waals surface area contributed by atoms with Crippen molar-refractivity contribution >= 4 is 32.8 Å². The van der Waals surface area contributed by atoms with Crippen LogP contribution in [-0.4, -0.2) is 61.8 Å². The topological polar surface area (TPSA) is 73.7 Å². The second-order valence-electron chi connectivity index (χ2n) is 7.79. The van der Waals surface area contributed by atoms with Gasteiger partial charge in [0, 0.05) is 44.2 Å². The Labute approximate surface area is 202 Å². The first-order chi connectivity index (χ1) is 16.4. The Balaban J connectivity index is 1.64. The maximum atomic E-state index is 14.1. The molecule has 1 fully saturated rings. The van der Waals surface area contributed by atoms with Gasteiger partial charge in [-0.3, -0.25) is 0 Å². The minimum Gasteiger partial charge on any atom is -0.382 e. The first-order valence-corrected chi connectivity index (χ1v) is 13.6. The van der Waals surface area contributed by atoms with E-state index in [0.29, 0.717) is 56.7 Å². The Bertz CT molecular complexity index is 1240. The van der Waals surface area contributed by atoms with Gasteiger partial charge in [-0.2, -0.15) is 4.31 Å². The molecule has 2 heterocycles. The SMILES string of the molecule is CCOCCCn1c(SCc2cc(F)ccc2F)nc2cc(S(=O)(=O)N3CCOCC3)ccc21. The average Bonchev–Trinajstić information content (AvgIpc) is 3.19. The molecule has 2 aromatic carbocycles. The van der Waals surface area contributed by atoms with Gasteiger partial charge in [0.25, 0.3) is 0 Å². The number of ether oxygens (including phenoxy) is 2. The van der Waals surface area contributed by atoms with Crippen molar-refractivity contribution in [3.63, 3.8) is 0 Å². The fourth-order valence-electron chi connectivity index (χ4n) is 3.78. The minimum atomic E-state index is -3.66. The Morgan fingerprint density at radius 2 is 1.94 bits per heavy atom. The number of hydrogen-bond acceptors (Lipinski definition) is 6. The van der Waals surface area contributed by atoms with E-state index in [1.807, 2.05) is 11.5 Å². The third-order valence-electron chi connectivity index (χ3n) is 5.53. The van der Waals surface area contributed by atoms with Crippen LogP contribution >= 0.6 is 11.8 Å². The molecule has 1 aliphatic rings. The van der Waals surface area contributed by atoms with Gasteiger partial charge in [0.1, 0.15) is 11.6 Å². The van der Waals surface area contributed by atoms with Crippen molar-refractivity contribution in [3.8, 4) is 0 Å². The molecule has 0 aliphatic carbocycles. The monoisotopic (exact) mass is 511 g/mol.